The Morgan fingerprint density at radius 1 is 1.19 bits per heavy atom. The molecule has 2 spiro atoms. The number of rotatable bonds is 2. The lowest BCUT2D eigenvalue weighted by Gasteiger charge is -2.47. The fourth-order valence-corrected chi connectivity index (χ4v) is 6.65. The molecule has 0 radical (unpaired) electrons. The molecule has 32 heavy (non-hydrogen) atoms. The zero-order chi connectivity index (χ0) is 22.7. The largest absolute Gasteiger partial charge is 0.468 e. The summed E-state index contributed by atoms with van der Waals surface area (Å²) in [6.07, 6.45) is 4.31. The van der Waals surface area contributed by atoms with Crippen molar-refractivity contribution in [1.29, 1.82) is 0 Å². The maximum atomic E-state index is 15.5. The van der Waals surface area contributed by atoms with Crippen LogP contribution in [-0.2, 0) is 19.7 Å². The summed E-state index contributed by atoms with van der Waals surface area (Å²) in [5, 5.41) is 6.56. The number of ether oxygens (including phenoxy) is 1. The molecule has 2 N–H and O–H groups in total. The number of hydrogen-bond donors (Lipinski definition) is 2. The predicted octanol–water partition coefficient (Wildman–Crippen LogP) is 4.61. The van der Waals surface area contributed by atoms with Crippen molar-refractivity contribution in [1.82, 2.24) is 5.32 Å². The molecule has 1 aliphatic carbocycles. The van der Waals surface area contributed by atoms with Crippen LogP contribution in [0.25, 0.3) is 0 Å². The molecule has 2 fully saturated rings. The Hall–Kier alpha value is -2.44. The number of anilines is 1. The van der Waals surface area contributed by atoms with Gasteiger partial charge in [0.2, 0.25) is 5.91 Å². The van der Waals surface area contributed by atoms with Gasteiger partial charge in [-0.2, -0.15) is 0 Å². The molecule has 2 aliphatic heterocycles. The summed E-state index contributed by atoms with van der Waals surface area (Å²) >= 11 is 6.17. The highest BCUT2D eigenvalue weighted by atomic mass is 35.5. The maximum Gasteiger partial charge on any atom is 0.323 e. The molecule has 2 aromatic rings. The minimum atomic E-state index is -1.17. The zero-order valence-electron chi connectivity index (χ0n) is 18.1. The average Bonchev–Trinajstić information content (AvgIpc) is 3.23. The third-order valence-electron chi connectivity index (χ3n) is 7.67. The van der Waals surface area contributed by atoms with Crippen LogP contribution in [0.1, 0.15) is 54.7 Å². The lowest BCUT2D eigenvalue weighted by Crippen LogP contribution is -2.60. The van der Waals surface area contributed by atoms with Gasteiger partial charge in [-0.3, -0.25) is 14.9 Å². The molecule has 3 aliphatic rings. The van der Waals surface area contributed by atoms with E-state index in [9.17, 15) is 9.59 Å². The maximum absolute atomic E-state index is 15.5. The molecule has 7 heteroatoms. The van der Waals surface area contributed by atoms with Crippen molar-refractivity contribution in [2.75, 3.05) is 12.4 Å². The molecule has 168 valence electrons. The second-order valence-electron chi connectivity index (χ2n) is 9.22. The molecule has 3 atom stereocenters. The quantitative estimate of drug-likeness (QED) is 0.648. The van der Waals surface area contributed by atoms with Gasteiger partial charge in [0.15, 0.2) is 0 Å². The molecule has 2 aromatic carbocycles. The van der Waals surface area contributed by atoms with Crippen molar-refractivity contribution in [3.63, 3.8) is 0 Å². The monoisotopic (exact) mass is 456 g/mol. The summed E-state index contributed by atoms with van der Waals surface area (Å²) in [5.74, 6) is -2.13. The fourth-order valence-electron chi connectivity index (χ4n) is 6.46. The average molecular weight is 457 g/mol. The summed E-state index contributed by atoms with van der Waals surface area (Å²) in [7, 11) is 1.32. The first-order chi connectivity index (χ1) is 15.4. The van der Waals surface area contributed by atoms with Crippen LogP contribution in [-0.4, -0.2) is 30.6 Å². The highest BCUT2D eigenvalue weighted by Gasteiger charge is 2.72. The molecule has 5 rings (SSSR count). The standard InChI is InChI=1S/C25H26ClFN2O3/c1-14-9-10-16-18(13-14)28-23(31)25(16)19(15-7-6-8-17(26)20(15)27)21(22(30)32-2)29-24(25)11-4-3-5-12-24/h6-10,13,19,21,29H,3-5,11-12H2,1-2H3,(H,28,31)/t19-,21?,25+/m0/s1. The number of halogens is 2. The number of benzene rings is 2. The molecule has 1 saturated heterocycles. The van der Waals surface area contributed by atoms with Gasteiger partial charge >= 0.3 is 5.97 Å². The number of carbonyl (C=O) groups is 2. The van der Waals surface area contributed by atoms with Gasteiger partial charge in [0.1, 0.15) is 17.3 Å². The predicted molar refractivity (Wildman–Crippen MR) is 120 cm³/mol. The Morgan fingerprint density at radius 3 is 2.66 bits per heavy atom. The van der Waals surface area contributed by atoms with Crippen molar-refractivity contribution < 1.29 is 18.7 Å². The lowest BCUT2D eigenvalue weighted by atomic mass is 9.55. The van der Waals surface area contributed by atoms with Crippen molar-refractivity contribution in [2.24, 2.45) is 0 Å². The second-order valence-corrected chi connectivity index (χ2v) is 9.63. The van der Waals surface area contributed by atoms with Gasteiger partial charge in [-0.15, -0.1) is 0 Å². The van der Waals surface area contributed by atoms with Crippen molar-refractivity contribution in [2.45, 2.75) is 61.9 Å². The van der Waals surface area contributed by atoms with Crippen molar-refractivity contribution >= 4 is 29.2 Å². The van der Waals surface area contributed by atoms with Gasteiger partial charge in [0.25, 0.3) is 0 Å². The molecule has 2 heterocycles. The van der Waals surface area contributed by atoms with Crippen molar-refractivity contribution in [3.05, 3.63) is 63.9 Å². The molecular weight excluding hydrogens is 431 g/mol. The van der Waals surface area contributed by atoms with Crippen LogP contribution in [0, 0.1) is 12.7 Å². The van der Waals surface area contributed by atoms with Crippen LogP contribution in [0.15, 0.2) is 36.4 Å². The van der Waals surface area contributed by atoms with Gasteiger partial charge in [0, 0.05) is 17.1 Å². The second kappa shape index (κ2) is 7.56. The number of hydrogen-bond acceptors (Lipinski definition) is 4. The third kappa shape index (κ3) is 2.72. The molecule has 5 nitrogen and oxygen atoms in total. The first-order valence-corrected chi connectivity index (χ1v) is 11.5. The van der Waals surface area contributed by atoms with Gasteiger partial charge in [-0.05, 0) is 48.6 Å². The summed E-state index contributed by atoms with van der Waals surface area (Å²) in [5.41, 5.74) is 0.929. The zero-order valence-corrected chi connectivity index (χ0v) is 18.9. The van der Waals surface area contributed by atoms with Crippen LogP contribution in [0.5, 0.6) is 0 Å². The Morgan fingerprint density at radius 2 is 1.94 bits per heavy atom. The first kappa shape index (κ1) is 21.4. The molecular formula is C25H26ClFN2O3. The fraction of sp³-hybridized carbons (Fsp3) is 0.440. The van der Waals surface area contributed by atoms with Crippen molar-refractivity contribution in [3.8, 4) is 0 Å². The Balaban J connectivity index is 1.85. The number of carbonyl (C=O) groups excluding carboxylic acids is 2. The number of fused-ring (bicyclic) bond motifs is 3. The number of nitrogens with one attached hydrogen (secondary N) is 2. The van der Waals surface area contributed by atoms with Crippen LogP contribution in [0.4, 0.5) is 10.1 Å². The minimum Gasteiger partial charge on any atom is -0.468 e. The highest BCUT2D eigenvalue weighted by Crippen LogP contribution is 2.62. The van der Waals surface area contributed by atoms with Crippen LogP contribution in [0.3, 0.4) is 0 Å². The summed E-state index contributed by atoms with van der Waals surface area (Å²) in [6, 6.07) is 9.75. The first-order valence-electron chi connectivity index (χ1n) is 11.1. The van der Waals surface area contributed by atoms with E-state index in [1.165, 1.54) is 13.2 Å². The topological polar surface area (TPSA) is 67.4 Å². The van der Waals surface area contributed by atoms with Crippen LogP contribution in [0.2, 0.25) is 5.02 Å². The molecule has 1 amide bonds. The summed E-state index contributed by atoms with van der Waals surface area (Å²) < 4.78 is 20.7. The smallest absolute Gasteiger partial charge is 0.323 e. The highest BCUT2D eigenvalue weighted by molar-refractivity contribution is 6.30. The lowest BCUT2D eigenvalue weighted by molar-refractivity contribution is -0.143. The van der Waals surface area contributed by atoms with E-state index in [0.29, 0.717) is 12.8 Å². The van der Waals surface area contributed by atoms with Gasteiger partial charge < -0.3 is 10.1 Å². The summed E-state index contributed by atoms with van der Waals surface area (Å²) in [6.45, 7) is 1.96. The normalized spacial score (nSPS) is 28.1. The summed E-state index contributed by atoms with van der Waals surface area (Å²) in [4.78, 5) is 27.1. The third-order valence-corrected chi connectivity index (χ3v) is 7.96. The number of aryl methyl sites for hydroxylation is 1. The van der Waals surface area contributed by atoms with E-state index in [-0.39, 0.29) is 16.5 Å². The Bertz CT molecular complexity index is 1110. The molecule has 1 saturated carbocycles. The number of esters is 1. The van der Waals surface area contributed by atoms with E-state index in [0.717, 1.165) is 36.1 Å². The Labute approximate surface area is 191 Å². The van der Waals surface area contributed by atoms with Crippen LogP contribution < -0.4 is 10.6 Å². The van der Waals surface area contributed by atoms with E-state index in [2.05, 4.69) is 10.6 Å². The van der Waals surface area contributed by atoms with E-state index in [4.69, 9.17) is 16.3 Å². The van der Waals surface area contributed by atoms with E-state index in [1.54, 1.807) is 12.1 Å². The number of methoxy groups -OCH3 is 1. The number of amides is 1. The molecule has 0 aromatic heterocycles. The van der Waals surface area contributed by atoms with Gasteiger partial charge in [-0.25, -0.2) is 4.39 Å². The Kier molecular flexibility index (Phi) is 5.06. The van der Waals surface area contributed by atoms with Gasteiger partial charge in [0.05, 0.1) is 12.1 Å². The van der Waals surface area contributed by atoms with Crippen LogP contribution >= 0.6 is 11.6 Å². The molecule has 0 bridgehead atoms. The molecule has 1 unspecified atom stereocenters. The van der Waals surface area contributed by atoms with E-state index >= 15 is 4.39 Å². The van der Waals surface area contributed by atoms with E-state index in [1.807, 2.05) is 25.1 Å². The minimum absolute atomic E-state index is 0.0339. The van der Waals surface area contributed by atoms with Gasteiger partial charge in [-0.1, -0.05) is 55.1 Å². The van der Waals surface area contributed by atoms with E-state index < -0.39 is 34.7 Å². The SMILES string of the molecule is COC(=O)C1NC2(CCCCC2)[C@@]2(C(=O)Nc3cc(C)ccc32)[C@H]1c1cccc(Cl)c1F.